The van der Waals surface area contributed by atoms with Crippen LogP contribution in [0.5, 0.6) is 0 Å². The minimum atomic E-state index is 0.358. The van der Waals surface area contributed by atoms with Gasteiger partial charge in [0.2, 0.25) is 0 Å². The van der Waals surface area contributed by atoms with Gasteiger partial charge in [-0.05, 0) is 30.3 Å². The van der Waals surface area contributed by atoms with Gasteiger partial charge in [-0.25, -0.2) is 0 Å². The van der Waals surface area contributed by atoms with Crippen LogP contribution in [0.3, 0.4) is 0 Å². The number of rotatable bonds is 6. The molecule has 0 aromatic heterocycles. The van der Waals surface area contributed by atoms with E-state index in [1.165, 1.54) is 25.0 Å². The molecule has 1 rings (SSSR count). The molecule has 0 aromatic carbocycles. The highest BCUT2D eigenvalue weighted by molar-refractivity contribution is 7.99. The second kappa shape index (κ2) is 5.03. The maximum absolute atomic E-state index is 8.47. The average Bonchev–Trinajstić information content (AvgIpc) is 2.71. The Morgan fingerprint density at radius 2 is 2.10 bits per heavy atom. The molecule has 60 valence electrons. The molecule has 0 aliphatic heterocycles. The van der Waals surface area contributed by atoms with Crippen molar-refractivity contribution in [2.24, 2.45) is 5.92 Å². The Balaban J connectivity index is 1.68. The van der Waals surface area contributed by atoms with Crippen LogP contribution < -0.4 is 0 Å². The van der Waals surface area contributed by atoms with Gasteiger partial charge in [0.1, 0.15) is 0 Å². The van der Waals surface area contributed by atoms with Gasteiger partial charge in [0.25, 0.3) is 0 Å². The van der Waals surface area contributed by atoms with Crippen molar-refractivity contribution >= 4 is 11.8 Å². The summed E-state index contributed by atoms with van der Waals surface area (Å²) in [7, 11) is 0. The van der Waals surface area contributed by atoms with E-state index >= 15 is 0 Å². The number of hydrogen-bond donors (Lipinski definition) is 1. The lowest BCUT2D eigenvalue weighted by Crippen LogP contribution is -1.88. The molecule has 10 heavy (non-hydrogen) atoms. The van der Waals surface area contributed by atoms with Crippen LogP contribution in [0.25, 0.3) is 0 Å². The molecule has 1 N–H and O–H groups in total. The fraction of sp³-hybridized carbons (Fsp3) is 1.00. The second-order valence-corrected chi connectivity index (χ2v) is 4.15. The Hall–Kier alpha value is 0.310. The van der Waals surface area contributed by atoms with E-state index in [1.54, 1.807) is 0 Å². The van der Waals surface area contributed by atoms with Crippen LogP contribution in [0, 0.1) is 5.92 Å². The fourth-order valence-electron chi connectivity index (χ4n) is 0.925. The first kappa shape index (κ1) is 8.41. The molecular formula is C8H16OS. The Labute approximate surface area is 67.2 Å². The maximum atomic E-state index is 8.47. The van der Waals surface area contributed by atoms with Gasteiger partial charge in [0.15, 0.2) is 0 Å². The summed E-state index contributed by atoms with van der Waals surface area (Å²) in [5.41, 5.74) is 0. The van der Waals surface area contributed by atoms with E-state index in [0.29, 0.717) is 6.61 Å². The molecule has 0 aromatic rings. The van der Waals surface area contributed by atoms with E-state index in [9.17, 15) is 0 Å². The Kier molecular flexibility index (Phi) is 4.23. The van der Waals surface area contributed by atoms with Gasteiger partial charge < -0.3 is 5.11 Å². The third-order valence-electron chi connectivity index (χ3n) is 1.81. The van der Waals surface area contributed by atoms with Gasteiger partial charge in [-0.15, -0.1) is 0 Å². The lowest BCUT2D eigenvalue weighted by Gasteiger charge is -1.97. The zero-order chi connectivity index (χ0) is 7.23. The van der Waals surface area contributed by atoms with Crippen LogP contribution in [0.2, 0.25) is 0 Å². The van der Waals surface area contributed by atoms with E-state index in [0.717, 1.165) is 18.1 Å². The highest BCUT2D eigenvalue weighted by Gasteiger charge is 2.19. The summed E-state index contributed by atoms with van der Waals surface area (Å²) in [5, 5.41) is 8.47. The minimum absolute atomic E-state index is 0.358. The Morgan fingerprint density at radius 3 is 2.70 bits per heavy atom. The zero-order valence-corrected chi connectivity index (χ0v) is 7.20. The number of aliphatic hydroxyl groups excluding tert-OH is 1. The molecule has 1 aliphatic carbocycles. The summed E-state index contributed by atoms with van der Waals surface area (Å²) in [5.74, 6) is 3.52. The van der Waals surface area contributed by atoms with Gasteiger partial charge in [0, 0.05) is 6.61 Å². The highest BCUT2D eigenvalue weighted by Crippen LogP contribution is 2.33. The third-order valence-corrected chi connectivity index (χ3v) is 2.92. The Morgan fingerprint density at radius 1 is 1.30 bits per heavy atom. The predicted octanol–water partition coefficient (Wildman–Crippen LogP) is 1.90. The quantitative estimate of drug-likeness (QED) is 0.599. The van der Waals surface area contributed by atoms with Crippen LogP contribution in [0.1, 0.15) is 25.7 Å². The van der Waals surface area contributed by atoms with Gasteiger partial charge in [-0.1, -0.05) is 12.8 Å². The van der Waals surface area contributed by atoms with Gasteiger partial charge in [-0.3, -0.25) is 0 Å². The SMILES string of the molecule is OCCCSCCC1CC1. The maximum Gasteiger partial charge on any atom is 0.0438 e. The molecule has 0 saturated heterocycles. The molecule has 0 amide bonds. The van der Waals surface area contributed by atoms with Crippen molar-refractivity contribution in [3.63, 3.8) is 0 Å². The van der Waals surface area contributed by atoms with E-state index in [1.807, 2.05) is 11.8 Å². The van der Waals surface area contributed by atoms with Crippen LogP contribution in [-0.4, -0.2) is 23.2 Å². The predicted molar refractivity (Wildman–Crippen MR) is 46.4 cm³/mol. The monoisotopic (exact) mass is 160 g/mol. The molecule has 0 unspecified atom stereocenters. The lowest BCUT2D eigenvalue weighted by molar-refractivity contribution is 0.296. The zero-order valence-electron chi connectivity index (χ0n) is 6.38. The molecule has 0 heterocycles. The summed E-state index contributed by atoms with van der Waals surface area (Å²) in [4.78, 5) is 0. The van der Waals surface area contributed by atoms with Crippen molar-refractivity contribution in [3.05, 3.63) is 0 Å². The van der Waals surface area contributed by atoms with E-state index in [2.05, 4.69) is 0 Å². The first-order valence-corrected chi connectivity index (χ1v) is 5.27. The first-order chi connectivity index (χ1) is 4.93. The lowest BCUT2D eigenvalue weighted by atomic mass is 10.3. The standard InChI is InChI=1S/C8H16OS/c9-5-1-6-10-7-4-8-2-3-8/h8-9H,1-7H2. The summed E-state index contributed by atoms with van der Waals surface area (Å²) >= 11 is 1.99. The molecule has 1 aliphatic rings. The Bertz CT molecular complexity index is 81.3. The van der Waals surface area contributed by atoms with E-state index < -0.39 is 0 Å². The van der Waals surface area contributed by atoms with E-state index in [-0.39, 0.29) is 0 Å². The first-order valence-electron chi connectivity index (χ1n) is 4.12. The summed E-state index contributed by atoms with van der Waals surface area (Å²) in [6, 6.07) is 0. The summed E-state index contributed by atoms with van der Waals surface area (Å²) in [6.45, 7) is 0.358. The largest absolute Gasteiger partial charge is 0.396 e. The van der Waals surface area contributed by atoms with Gasteiger partial charge >= 0.3 is 0 Å². The number of aliphatic hydroxyl groups is 1. The molecule has 0 spiro atoms. The minimum Gasteiger partial charge on any atom is -0.396 e. The van der Waals surface area contributed by atoms with Crippen LogP contribution in [0.15, 0.2) is 0 Å². The summed E-state index contributed by atoms with van der Waals surface area (Å²) < 4.78 is 0. The molecule has 0 atom stereocenters. The topological polar surface area (TPSA) is 20.2 Å². The average molecular weight is 160 g/mol. The normalized spacial score (nSPS) is 17.7. The van der Waals surface area contributed by atoms with Crippen molar-refractivity contribution in [2.75, 3.05) is 18.1 Å². The molecular weight excluding hydrogens is 144 g/mol. The van der Waals surface area contributed by atoms with Crippen molar-refractivity contribution in [1.82, 2.24) is 0 Å². The fourth-order valence-corrected chi connectivity index (χ4v) is 1.96. The van der Waals surface area contributed by atoms with Crippen molar-refractivity contribution in [1.29, 1.82) is 0 Å². The van der Waals surface area contributed by atoms with Crippen molar-refractivity contribution < 1.29 is 5.11 Å². The van der Waals surface area contributed by atoms with Crippen molar-refractivity contribution in [3.8, 4) is 0 Å². The molecule has 0 bridgehead atoms. The van der Waals surface area contributed by atoms with Crippen LogP contribution in [-0.2, 0) is 0 Å². The van der Waals surface area contributed by atoms with Gasteiger partial charge in [-0.2, -0.15) is 11.8 Å². The van der Waals surface area contributed by atoms with Crippen LogP contribution >= 0.6 is 11.8 Å². The van der Waals surface area contributed by atoms with E-state index in [4.69, 9.17) is 5.11 Å². The smallest absolute Gasteiger partial charge is 0.0438 e. The molecule has 2 heteroatoms. The highest BCUT2D eigenvalue weighted by atomic mass is 32.2. The molecule has 1 saturated carbocycles. The number of thioether (sulfide) groups is 1. The molecule has 0 radical (unpaired) electrons. The van der Waals surface area contributed by atoms with Crippen LogP contribution in [0.4, 0.5) is 0 Å². The number of hydrogen-bond acceptors (Lipinski definition) is 2. The molecule has 1 nitrogen and oxygen atoms in total. The third kappa shape index (κ3) is 4.18. The van der Waals surface area contributed by atoms with Gasteiger partial charge in [0.05, 0.1) is 0 Å². The van der Waals surface area contributed by atoms with Crippen molar-refractivity contribution in [2.45, 2.75) is 25.7 Å². The second-order valence-electron chi connectivity index (χ2n) is 2.92. The summed E-state index contributed by atoms with van der Waals surface area (Å²) in [6.07, 6.45) is 5.33. The molecule has 1 fully saturated rings.